The summed E-state index contributed by atoms with van der Waals surface area (Å²) in [4.78, 5) is 4.63. The summed E-state index contributed by atoms with van der Waals surface area (Å²) < 4.78 is 6.46. The summed E-state index contributed by atoms with van der Waals surface area (Å²) in [6.45, 7) is 5.03. The van der Waals surface area contributed by atoms with Crippen molar-refractivity contribution in [1.29, 1.82) is 0 Å². The van der Waals surface area contributed by atoms with E-state index in [1.54, 1.807) is 18.4 Å². The van der Waals surface area contributed by atoms with Gasteiger partial charge < -0.3 is 10.1 Å². The number of fused-ring (bicyclic) bond motifs is 1. The highest BCUT2D eigenvalue weighted by Gasteiger charge is 2.11. The number of aromatic nitrogens is 1. The van der Waals surface area contributed by atoms with E-state index in [-0.39, 0.29) is 12.1 Å². The minimum atomic E-state index is 0.229. The maximum Gasteiger partial charge on any atom is 0.111 e. The van der Waals surface area contributed by atoms with Crippen LogP contribution in [0.4, 0.5) is 0 Å². The van der Waals surface area contributed by atoms with Crippen LogP contribution in [0.2, 0.25) is 0 Å². The number of ether oxygens (including phenoxy) is 1. The summed E-state index contributed by atoms with van der Waals surface area (Å²) in [7, 11) is 1.73. The topological polar surface area (TPSA) is 34.1 Å². The summed E-state index contributed by atoms with van der Waals surface area (Å²) in [6.07, 6.45) is 0.229. The molecule has 1 N–H and O–H groups in total. The summed E-state index contributed by atoms with van der Waals surface area (Å²) in [5.74, 6) is 0. The number of hydrogen-bond donors (Lipinski definition) is 1. The molecule has 0 aliphatic heterocycles. The molecule has 1 aromatic carbocycles. The Balaban J connectivity index is 2.06. The van der Waals surface area contributed by atoms with Gasteiger partial charge in [0.15, 0.2) is 0 Å². The lowest BCUT2D eigenvalue weighted by molar-refractivity contribution is 0.115. The van der Waals surface area contributed by atoms with E-state index in [0.717, 1.165) is 17.1 Å². The van der Waals surface area contributed by atoms with E-state index in [1.807, 2.05) is 6.07 Å². The van der Waals surface area contributed by atoms with Crippen LogP contribution in [0.5, 0.6) is 0 Å². The number of hydrogen-bond acceptors (Lipinski definition) is 4. The second-order valence-corrected chi connectivity index (χ2v) is 5.26. The predicted molar refractivity (Wildman–Crippen MR) is 72.5 cm³/mol. The number of thiazole rings is 1. The van der Waals surface area contributed by atoms with Crippen LogP contribution in [0.15, 0.2) is 24.3 Å². The Kier molecular flexibility index (Phi) is 4.10. The largest absolute Gasteiger partial charge is 0.380 e. The molecule has 0 bridgehead atoms. The Morgan fingerprint density at radius 1 is 1.35 bits per heavy atom. The molecule has 3 nitrogen and oxygen atoms in total. The van der Waals surface area contributed by atoms with Crippen LogP contribution >= 0.6 is 11.3 Å². The Labute approximate surface area is 106 Å². The second kappa shape index (κ2) is 5.58. The molecular formula is C13H18N2OS. The number of benzene rings is 1. The molecule has 0 aliphatic carbocycles. The molecule has 0 aliphatic rings. The lowest BCUT2D eigenvalue weighted by atomic mass is 10.3. The zero-order chi connectivity index (χ0) is 12.3. The number of nitrogens with one attached hydrogen (secondary N) is 1. The SMILES string of the molecule is COC(C)CNC(C)c1nc2ccccc2s1. The summed E-state index contributed by atoms with van der Waals surface area (Å²) >= 11 is 1.75. The van der Waals surface area contributed by atoms with E-state index in [2.05, 4.69) is 42.3 Å². The first-order valence-electron chi connectivity index (χ1n) is 5.82. The number of nitrogens with zero attached hydrogens (tertiary/aromatic N) is 1. The van der Waals surface area contributed by atoms with E-state index in [0.29, 0.717) is 0 Å². The normalized spacial score (nSPS) is 15.0. The Bertz CT molecular complexity index is 450. The molecule has 2 rings (SSSR count). The molecule has 2 atom stereocenters. The highest BCUT2D eigenvalue weighted by atomic mass is 32.1. The third kappa shape index (κ3) is 3.03. The number of rotatable bonds is 5. The zero-order valence-electron chi connectivity index (χ0n) is 10.4. The smallest absolute Gasteiger partial charge is 0.111 e. The van der Waals surface area contributed by atoms with Gasteiger partial charge in [0, 0.05) is 13.7 Å². The molecule has 0 saturated heterocycles. The fourth-order valence-corrected chi connectivity index (χ4v) is 2.58. The molecule has 2 unspecified atom stereocenters. The van der Waals surface area contributed by atoms with Gasteiger partial charge in [0.05, 0.1) is 22.4 Å². The van der Waals surface area contributed by atoms with Gasteiger partial charge in [-0.25, -0.2) is 4.98 Å². The average molecular weight is 250 g/mol. The third-order valence-electron chi connectivity index (χ3n) is 2.79. The molecule has 2 aromatic rings. The lowest BCUT2D eigenvalue weighted by Gasteiger charge is -2.14. The third-order valence-corrected chi connectivity index (χ3v) is 4.01. The maximum atomic E-state index is 5.22. The monoisotopic (exact) mass is 250 g/mol. The van der Waals surface area contributed by atoms with Crippen LogP contribution in [0.1, 0.15) is 24.9 Å². The van der Waals surface area contributed by atoms with Crippen LogP contribution in [-0.4, -0.2) is 24.7 Å². The van der Waals surface area contributed by atoms with Crippen molar-refractivity contribution in [2.45, 2.75) is 26.0 Å². The Hall–Kier alpha value is -0.970. The first-order chi connectivity index (χ1) is 8.20. The van der Waals surface area contributed by atoms with Crippen LogP contribution in [-0.2, 0) is 4.74 Å². The molecule has 0 amide bonds. The van der Waals surface area contributed by atoms with Crippen molar-refractivity contribution in [3.63, 3.8) is 0 Å². The van der Waals surface area contributed by atoms with E-state index >= 15 is 0 Å². The van der Waals surface area contributed by atoms with Gasteiger partial charge in [-0.2, -0.15) is 0 Å². The quantitative estimate of drug-likeness (QED) is 0.886. The number of para-hydroxylation sites is 1. The average Bonchev–Trinajstić information content (AvgIpc) is 2.79. The van der Waals surface area contributed by atoms with E-state index < -0.39 is 0 Å². The van der Waals surface area contributed by atoms with Gasteiger partial charge in [-0.15, -0.1) is 11.3 Å². The Morgan fingerprint density at radius 2 is 2.12 bits per heavy atom. The first kappa shape index (κ1) is 12.5. The molecule has 1 aromatic heterocycles. The molecule has 17 heavy (non-hydrogen) atoms. The molecule has 0 saturated carbocycles. The predicted octanol–water partition coefficient (Wildman–Crippen LogP) is 2.98. The van der Waals surface area contributed by atoms with Crippen LogP contribution < -0.4 is 5.32 Å². The summed E-state index contributed by atoms with van der Waals surface area (Å²) in [5.41, 5.74) is 1.08. The molecule has 4 heteroatoms. The number of methoxy groups -OCH3 is 1. The van der Waals surface area contributed by atoms with Crippen molar-refractivity contribution < 1.29 is 4.74 Å². The van der Waals surface area contributed by atoms with Gasteiger partial charge in [-0.3, -0.25) is 0 Å². The van der Waals surface area contributed by atoms with E-state index in [9.17, 15) is 0 Å². The van der Waals surface area contributed by atoms with Gasteiger partial charge >= 0.3 is 0 Å². The van der Waals surface area contributed by atoms with Crippen molar-refractivity contribution in [3.8, 4) is 0 Å². The molecule has 1 heterocycles. The first-order valence-corrected chi connectivity index (χ1v) is 6.64. The fourth-order valence-electron chi connectivity index (χ4n) is 1.59. The van der Waals surface area contributed by atoms with Crippen LogP contribution in [0, 0.1) is 0 Å². The van der Waals surface area contributed by atoms with Crippen molar-refractivity contribution >= 4 is 21.6 Å². The second-order valence-electron chi connectivity index (χ2n) is 4.20. The minimum absolute atomic E-state index is 0.229. The standard InChI is InChI=1S/C13H18N2OS/c1-9(16-3)8-14-10(2)13-15-11-6-4-5-7-12(11)17-13/h4-7,9-10,14H,8H2,1-3H3. The molecule has 0 radical (unpaired) electrons. The van der Waals surface area contributed by atoms with Crippen LogP contribution in [0.25, 0.3) is 10.2 Å². The highest BCUT2D eigenvalue weighted by molar-refractivity contribution is 7.18. The summed E-state index contributed by atoms with van der Waals surface area (Å²) in [5, 5.41) is 4.57. The van der Waals surface area contributed by atoms with Gasteiger partial charge in [0.25, 0.3) is 0 Å². The molecule has 0 fully saturated rings. The van der Waals surface area contributed by atoms with E-state index in [1.165, 1.54) is 4.70 Å². The van der Waals surface area contributed by atoms with Crippen molar-refractivity contribution in [2.24, 2.45) is 0 Å². The lowest BCUT2D eigenvalue weighted by Crippen LogP contribution is -2.28. The fraction of sp³-hybridized carbons (Fsp3) is 0.462. The van der Waals surface area contributed by atoms with E-state index in [4.69, 9.17) is 4.74 Å². The summed E-state index contributed by atoms with van der Waals surface area (Å²) in [6, 6.07) is 8.51. The van der Waals surface area contributed by atoms with Gasteiger partial charge in [0.2, 0.25) is 0 Å². The van der Waals surface area contributed by atoms with Crippen molar-refractivity contribution in [3.05, 3.63) is 29.3 Å². The Morgan fingerprint density at radius 3 is 2.82 bits per heavy atom. The van der Waals surface area contributed by atoms with Crippen LogP contribution in [0.3, 0.4) is 0 Å². The maximum absolute atomic E-state index is 5.22. The molecule has 0 spiro atoms. The van der Waals surface area contributed by atoms with Gasteiger partial charge in [-0.1, -0.05) is 12.1 Å². The van der Waals surface area contributed by atoms with Gasteiger partial charge in [0.1, 0.15) is 5.01 Å². The zero-order valence-corrected chi connectivity index (χ0v) is 11.3. The highest BCUT2D eigenvalue weighted by Crippen LogP contribution is 2.25. The molecule has 92 valence electrons. The van der Waals surface area contributed by atoms with Gasteiger partial charge in [-0.05, 0) is 26.0 Å². The van der Waals surface area contributed by atoms with Crippen molar-refractivity contribution in [1.82, 2.24) is 10.3 Å². The molecular weight excluding hydrogens is 232 g/mol. The van der Waals surface area contributed by atoms with Crippen molar-refractivity contribution in [2.75, 3.05) is 13.7 Å². The minimum Gasteiger partial charge on any atom is -0.380 e.